The lowest BCUT2D eigenvalue weighted by atomic mass is 10.1. The Kier molecular flexibility index (Phi) is 4.65. The average molecular weight is 322 g/mol. The third kappa shape index (κ3) is 3.48. The van der Waals surface area contributed by atoms with Gasteiger partial charge in [0.05, 0.1) is 6.42 Å². The molecule has 0 saturated carbocycles. The minimum absolute atomic E-state index is 0.00723. The standard InChI is InChI=1S/C20H22N2O2/c1-3-14-4-6-15(7-5-14)8-11-19(23)21-17-9-10-18-16(12-17)13-20(24)22(18)2/h4-7,9-10,12H,3,8,11,13H2,1-2H3,(H,21,23). The van der Waals surface area contributed by atoms with E-state index in [9.17, 15) is 9.59 Å². The highest BCUT2D eigenvalue weighted by Crippen LogP contribution is 2.30. The van der Waals surface area contributed by atoms with Crippen molar-refractivity contribution < 1.29 is 9.59 Å². The van der Waals surface area contributed by atoms with Crippen LogP contribution in [0.4, 0.5) is 11.4 Å². The predicted molar refractivity (Wildman–Crippen MR) is 96.3 cm³/mol. The summed E-state index contributed by atoms with van der Waals surface area (Å²) in [7, 11) is 1.77. The Morgan fingerprint density at radius 2 is 1.83 bits per heavy atom. The Hall–Kier alpha value is -2.62. The SMILES string of the molecule is CCc1ccc(CCC(=O)Nc2ccc3c(c2)CC(=O)N3C)cc1. The second kappa shape index (κ2) is 6.87. The van der Waals surface area contributed by atoms with Crippen molar-refractivity contribution in [3.05, 3.63) is 59.2 Å². The van der Waals surface area contributed by atoms with Gasteiger partial charge in [-0.2, -0.15) is 0 Å². The first kappa shape index (κ1) is 16.2. The molecule has 0 spiro atoms. The zero-order chi connectivity index (χ0) is 17.1. The maximum Gasteiger partial charge on any atom is 0.231 e. The number of aryl methyl sites for hydroxylation is 2. The maximum absolute atomic E-state index is 12.1. The molecule has 0 radical (unpaired) electrons. The van der Waals surface area contributed by atoms with Gasteiger partial charge in [0, 0.05) is 24.8 Å². The molecule has 2 aromatic rings. The van der Waals surface area contributed by atoms with Crippen LogP contribution in [0, 0.1) is 0 Å². The molecule has 0 bridgehead atoms. The van der Waals surface area contributed by atoms with Crippen molar-refractivity contribution in [1.29, 1.82) is 0 Å². The Balaban J connectivity index is 1.57. The molecule has 0 unspecified atom stereocenters. The van der Waals surface area contributed by atoms with Crippen molar-refractivity contribution in [3.8, 4) is 0 Å². The number of hydrogen-bond acceptors (Lipinski definition) is 2. The number of nitrogens with one attached hydrogen (secondary N) is 1. The summed E-state index contributed by atoms with van der Waals surface area (Å²) in [6, 6.07) is 14.0. The third-order valence-electron chi connectivity index (χ3n) is 4.51. The first-order valence-corrected chi connectivity index (χ1v) is 8.34. The van der Waals surface area contributed by atoms with Gasteiger partial charge < -0.3 is 10.2 Å². The quantitative estimate of drug-likeness (QED) is 0.918. The van der Waals surface area contributed by atoms with E-state index in [0.717, 1.165) is 29.8 Å². The molecule has 0 aromatic heterocycles. The van der Waals surface area contributed by atoms with E-state index in [1.165, 1.54) is 11.1 Å². The fourth-order valence-electron chi connectivity index (χ4n) is 2.97. The van der Waals surface area contributed by atoms with Crippen molar-refractivity contribution in [1.82, 2.24) is 0 Å². The highest BCUT2D eigenvalue weighted by atomic mass is 16.2. The number of likely N-dealkylation sites (N-methyl/N-ethyl adjacent to an activating group) is 1. The van der Waals surface area contributed by atoms with Crippen LogP contribution < -0.4 is 10.2 Å². The van der Waals surface area contributed by atoms with Gasteiger partial charge in [-0.05, 0) is 47.7 Å². The van der Waals surface area contributed by atoms with Gasteiger partial charge in [0.1, 0.15) is 0 Å². The van der Waals surface area contributed by atoms with Crippen LogP contribution >= 0.6 is 0 Å². The number of carbonyl (C=O) groups excluding carboxylic acids is 2. The molecule has 1 N–H and O–H groups in total. The van der Waals surface area contributed by atoms with Crippen LogP contribution in [0.2, 0.25) is 0 Å². The monoisotopic (exact) mass is 322 g/mol. The average Bonchev–Trinajstić information content (AvgIpc) is 2.87. The topological polar surface area (TPSA) is 49.4 Å². The minimum atomic E-state index is -0.00723. The second-order valence-electron chi connectivity index (χ2n) is 6.19. The fraction of sp³-hybridized carbons (Fsp3) is 0.300. The molecule has 4 heteroatoms. The molecule has 0 aliphatic carbocycles. The molecule has 2 amide bonds. The van der Waals surface area contributed by atoms with Crippen LogP contribution in [-0.4, -0.2) is 18.9 Å². The Labute approximate surface area is 142 Å². The zero-order valence-corrected chi connectivity index (χ0v) is 14.1. The number of carbonyl (C=O) groups is 2. The molecule has 124 valence electrons. The third-order valence-corrected chi connectivity index (χ3v) is 4.51. The van der Waals surface area contributed by atoms with Crippen LogP contribution in [0.1, 0.15) is 30.0 Å². The normalized spacial score (nSPS) is 13.1. The fourth-order valence-corrected chi connectivity index (χ4v) is 2.97. The van der Waals surface area contributed by atoms with E-state index >= 15 is 0 Å². The Morgan fingerprint density at radius 3 is 2.54 bits per heavy atom. The minimum Gasteiger partial charge on any atom is -0.326 e. The molecule has 1 aliphatic heterocycles. The summed E-state index contributed by atoms with van der Waals surface area (Å²) in [5, 5.41) is 2.93. The van der Waals surface area contributed by atoms with Gasteiger partial charge in [-0.3, -0.25) is 9.59 Å². The number of benzene rings is 2. The molecular formula is C20H22N2O2. The van der Waals surface area contributed by atoms with E-state index in [-0.39, 0.29) is 11.8 Å². The summed E-state index contributed by atoms with van der Waals surface area (Å²) >= 11 is 0. The molecular weight excluding hydrogens is 300 g/mol. The van der Waals surface area contributed by atoms with Gasteiger partial charge in [0.25, 0.3) is 0 Å². The number of amides is 2. The van der Waals surface area contributed by atoms with Crippen LogP contribution in [0.3, 0.4) is 0 Å². The number of rotatable bonds is 5. The molecule has 0 fully saturated rings. The summed E-state index contributed by atoms with van der Waals surface area (Å²) in [5.74, 6) is 0.0798. The summed E-state index contributed by atoms with van der Waals surface area (Å²) in [6.45, 7) is 2.13. The van der Waals surface area contributed by atoms with Gasteiger partial charge in [0.2, 0.25) is 11.8 Å². The summed E-state index contributed by atoms with van der Waals surface area (Å²) < 4.78 is 0. The molecule has 3 rings (SSSR count). The first-order valence-electron chi connectivity index (χ1n) is 8.34. The van der Waals surface area contributed by atoms with Crippen LogP contribution in [0.25, 0.3) is 0 Å². The zero-order valence-electron chi connectivity index (χ0n) is 14.1. The molecule has 0 saturated heterocycles. The van der Waals surface area contributed by atoms with Crippen LogP contribution in [0.15, 0.2) is 42.5 Å². The van der Waals surface area contributed by atoms with Crippen molar-refractivity contribution in [3.63, 3.8) is 0 Å². The van der Waals surface area contributed by atoms with E-state index in [1.54, 1.807) is 11.9 Å². The van der Waals surface area contributed by atoms with Crippen LogP contribution in [-0.2, 0) is 28.9 Å². The first-order chi connectivity index (χ1) is 11.6. The summed E-state index contributed by atoms with van der Waals surface area (Å²) in [5.41, 5.74) is 5.12. The molecule has 1 heterocycles. The largest absolute Gasteiger partial charge is 0.326 e. The summed E-state index contributed by atoms with van der Waals surface area (Å²) in [4.78, 5) is 25.5. The number of anilines is 2. The predicted octanol–water partition coefficient (Wildman–Crippen LogP) is 3.34. The number of nitrogens with zero attached hydrogens (tertiary/aromatic N) is 1. The molecule has 2 aromatic carbocycles. The molecule has 4 nitrogen and oxygen atoms in total. The van der Waals surface area contributed by atoms with Gasteiger partial charge in [-0.1, -0.05) is 31.2 Å². The van der Waals surface area contributed by atoms with Gasteiger partial charge >= 0.3 is 0 Å². The van der Waals surface area contributed by atoms with Crippen molar-refractivity contribution >= 4 is 23.2 Å². The van der Waals surface area contributed by atoms with E-state index in [2.05, 4.69) is 36.5 Å². The Morgan fingerprint density at radius 1 is 1.12 bits per heavy atom. The van der Waals surface area contributed by atoms with E-state index < -0.39 is 0 Å². The second-order valence-corrected chi connectivity index (χ2v) is 6.19. The summed E-state index contributed by atoms with van der Waals surface area (Å²) in [6.07, 6.45) is 2.60. The number of hydrogen-bond donors (Lipinski definition) is 1. The van der Waals surface area contributed by atoms with Crippen molar-refractivity contribution in [2.75, 3.05) is 17.3 Å². The number of fused-ring (bicyclic) bond motifs is 1. The van der Waals surface area contributed by atoms with E-state index in [1.807, 2.05) is 18.2 Å². The molecule has 1 aliphatic rings. The van der Waals surface area contributed by atoms with Gasteiger partial charge in [-0.15, -0.1) is 0 Å². The Bertz CT molecular complexity index is 766. The maximum atomic E-state index is 12.1. The lowest BCUT2D eigenvalue weighted by molar-refractivity contribution is -0.117. The smallest absolute Gasteiger partial charge is 0.231 e. The van der Waals surface area contributed by atoms with Crippen molar-refractivity contribution in [2.24, 2.45) is 0 Å². The van der Waals surface area contributed by atoms with Crippen LogP contribution in [0.5, 0.6) is 0 Å². The van der Waals surface area contributed by atoms with Gasteiger partial charge in [0.15, 0.2) is 0 Å². The lowest BCUT2D eigenvalue weighted by Gasteiger charge is -2.11. The molecule has 0 atom stereocenters. The van der Waals surface area contributed by atoms with E-state index in [0.29, 0.717) is 12.8 Å². The highest BCUT2D eigenvalue weighted by Gasteiger charge is 2.23. The highest BCUT2D eigenvalue weighted by molar-refractivity contribution is 6.02. The molecule has 24 heavy (non-hydrogen) atoms. The van der Waals surface area contributed by atoms with E-state index in [4.69, 9.17) is 0 Å². The van der Waals surface area contributed by atoms with Crippen molar-refractivity contribution in [2.45, 2.75) is 32.6 Å². The van der Waals surface area contributed by atoms with Gasteiger partial charge in [-0.25, -0.2) is 0 Å². The lowest BCUT2D eigenvalue weighted by Crippen LogP contribution is -2.20.